The van der Waals surface area contributed by atoms with Gasteiger partial charge in [0.25, 0.3) is 0 Å². The molecule has 0 aromatic heterocycles. The van der Waals surface area contributed by atoms with Gasteiger partial charge in [-0.3, -0.25) is 0 Å². The second-order valence-corrected chi connectivity index (χ2v) is 4.98. The third-order valence-corrected chi connectivity index (χ3v) is 4.21. The largest absolute Gasteiger partial charge is 0.388 e. The number of aliphatic hydroxyl groups is 1. The Bertz CT molecular complexity index is 144. The second kappa shape index (κ2) is 2.15. The third kappa shape index (κ3) is 0.892. The Hall–Kier alpha value is 0.310. The minimum Gasteiger partial charge on any atom is -0.388 e. The highest BCUT2D eigenvalue weighted by Gasteiger charge is 2.50. The zero-order valence-electron chi connectivity index (χ0n) is 6.34. The summed E-state index contributed by atoms with van der Waals surface area (Å²) in [6.45, 7) is 2.16. The Morgan fingerprint density at radius 1 is 1.50 bits per heavy atom. The van der Waals surface area contributed by atoms with E-state index in [4.69, 9.17) is 0 Å². The Labute approximate surface area is 66.2 Å². The van der Waals surface area contributed by atoms with E-state index < -0.39 is 0 Å². The lowest BCUT2D eigenvalue weighted by Crippen LogP contribution is -2.36. The van der Waals surface area contributed by atoms with Crippen LogP contribution in [-0.2, 0) is 0 Å². The number of thioether (sulfide) groups is 1. The Morgan fingerprint density at radius 3 is 2.60 bits per heavy atom. The van der Waals surface area contributed by atoms with Gasteiger partial charge in [0.2, 0.25) is 0 Å². The maximum Gasteiger partial charge on any atom is 0.0798 e. The van der Waals surface area contributed by atoms with E-state index in [-0.39, 0.29) is 5.60 Å². The fraction of sp³-hybridized carbons (Fsp3) is 1.00. The van der Waals surface area contributed by atoms with Gasteiger partial charge in [-0.05, 0) is 30.9 Å². The highest BCUT2D eigenvalue weighted by atomic mass is 32.2. The highest BCUT2D eigenvalue weighted by Crippen LogP contribution is 2.50. The molecule has 2 fully saturated rings. The van der Waals surface area contributed by atoms with Crippen LogP contribution in [0.4, 0.5) is 0 Å². The monoisotopic (exact) mass is 158 g/mol. The predicted octanol–water partition coefficient (Wildman–Crippen LogP) is 1.65. The molecule has 1 heterocycles. The molecule has 2 unspecified atom stereocenters. The summed E-state index contributed by atoms with van der Waals surface area (Å²) in [5.74, 6) is 1.81. The van der Waals surface area contributed by atoms with E-state index in [9.17, 15) is 5.11 Å². The first-order chi connectivity index (χ1) is 4.73. The van der Waals surface area contributed by atoms with Gasteiger partial charge in [-0.15, -0.1) is 0 Å². The van der Waals surface area contributed by atoms with E-state index in [1.807, 2.05) is 11.8 Å². The molecule has 0 aromatic carbocycles. The van der Waals surface area contributed by atoms with Crippen LogP contribution in [0.5, 0.6) is 0 Å². The van der Waals surface area contributed by atoms with Crippen molar-refractivity contribution in [2.24, 2.45) is 5.92 Å². The molecule has 0 aromatic rings. The summed E-state index contributed by atoms with van der Waals surface area (Å²) in [5.41, 5.74) is -0.273. The number of hydrogen-bond donors (Lipinski definition) is 1. The van der Waals surface area contributed by atoms with Crippen LogP contribution >= 0.6 is 11.8 Å². The van der Waals surface area contributed by atoms with Crippen molar-refractivity contribution in [3.63, 3.8) is 0 Å². The lowest BCUT2D eigenvalue weighted by Gasteiger charge is -2.26. The van der Waals surface area contributed by atoms with Crippen molar-refractivity contribution in [2.45, 2.75) is 37.0 Å². The number of hydrogen-bond acceptors (Lipinski definition) is 2. The zero-order chi connectivity index (χ0) is 7.19. The van der Waals surface area contributed by atoms with Gasteiger partial charge >= 0.3 is 0 Å². The number of rotatable bonds is 1. The Morgan fingerprint density at radius 2 is 2.20 bits per heavy atom. The fourth-order valence-corrected chi connectivity index (χ4v) is 3.26. The van der Waals surface area contributed by atoms with Gasteiger partial charge in [0.05, 0.1) is 5.60 Å². The molecule has 2 rings (SSSR count). The van der Waals surface area contributed by atoms with Crippen LogP contribution in [-0.4, -0.2) is 21.7 Å². The first kappa shape index (κ1) is 6.99. The van der Waals surface area contributed by atoms with Crippen molar-refractivity contribution in [3.8, 4) is 0 Å². The summed E-state index contributed by atoms with van der Waals surface area (Å²) in [5, 5.41) is 10.6. The first-order valence-corrected chi connectivity index (χ1v) is 5.12. The van der Waals surface area contributed by atoms with Crippen LogP contribution in [0.3, 0.4) is 0 Å². The molecule has 1 aliphatic carbocycles. The van der Waals surface area contributed by atoms with E-state index >= 15 is 0 Å². The topological polar surface area (TPSA) is 20.2 Å². The maximum atomic E-state index is 10.1. The highest BCUT2D eigenvalue weighted by molar-refractivity contribution is 8.00. The van der Waals surface area contributed by atoms with E-state index in [0.29, 0.717) is 11.2 Å². The lowest BCUT2D eigenvalue weighted by molar-refractivity contribution is 0.0233. The van der Waals surface area contributed by atoms with Crippen molar-refractivity contribution < 1.29 is 5.11 Å². The van der Waals surface area contributed by atoms with E-state index in [0.717, 1.165) is 12.2 Å². The molecule has 0 amide bonds. The first-order valence-electron chi connectivity index (χ1n) is 4.07. The van der Waals surface area contributed by atoms with Crippen LogP contribution in [0.25, 0.3) is 0 Å². The van der Waals surface area contributed by atoms with Gasteiger partial charge in [-0.2, -0.15) is 11.8 Å². The van der Waals surface area contributed by atoms with Gasteiger partial charge < -0.3 is 5.11 Å². The summed E-state index contributed by atoms with van der Waals surface area (Å²) in [7, 11) is 0. The van der Waals surface area contributed by atoms with Crippen molar-refractivity contribution >= 4 is 11.8 Å². The zero-order valence-corrected chi connectivity index (χ0v) is 7.16. The molecule has 1 aliphatic heterocycles. The van der Waals surface area contributed by atoms with E-state index in [1.54, 1.807) is 0 Å². The molecule has 10 heavy (non-hydrogen) atoms. The molecule has 0 spiro atoms. The van der Waals surface area contributed by atoms with Gasteiger partial charge in [0.15, 0.2) is 0 Å². The normalized spacial score (nSPS) is 48.0. The van der Waals surface area contributed by atoms with Crippen LogP contribution in [0, 0.1) is 5.92 Å². The summed E-state index contributed by atoms with van der Waals surface area (Å²) >= 11 is 1.92. The minimum absolute atomic E-state index is 0.273. The molecular weight excluding hydrogens is 144 g/mol. The Kier molecular flexibility index (Phi) is 1.50. The third-order valence-electron chi connectivity index (χ3n) is 2.86. The SMILES string of the molecule is CC1SCCC1(O)C1CC1. The van der Waals surface area contributed by atoms with Gasteiger partial charge in [0.1, 0.15) is 0 Å². The van der Waals surface area contributed by atoms with Gasteiger partial charge in [-0.1, -0.05) is 6.92 Å². The molecule has 0 radical (unpaired) electrons. The Balaban J connectivity index is 2.10. The smallest absolute Gasteiger partial charge is 0.0798 e. The van der Waals surface area contributed by atoms with Crippen molar-refractivity contribution in [1.82, 2.24) is 0 Å². The average molecular weight is 158 g/mol. The lowest BCUT2D eigenvalue weighted by atomic mass is 9.92. The van der Waals surface area contributed by atoms with Crippen molar-refractivity contribution in [1.29, 1.82) is 0 Å². The second-order valence-electron chi connectivity index (χ2n) is 3.53. The summed E-state index contributed by atoms with van der Waals surface area (Å²) in [4.78, 5) is 0. The predicted molar refractivity (Wildman–Crippen MR) is 44.2 cm³/mol. The molecule has 58 valence electrons. The van der Waals surface area contributed by atoms with Crippen molar-refractivity contribution in [2.75, 3.05) is 5.75 Å². The van der Waals surface area contributed by atoms with Crippen LogP contribution in [0.15, 0.2) is 0 Å². The quantitative estimate of drug-likeness (QED) is 0.626. The van der Waals surface area contributed by atoms with Gasteiger partial charge in [0, 0.05) is 5.25 Å². The molecule has 0 bridgehead atoms. The molecular formula is C8H14OS. The summed E-state index contributed by atoms with van der Waals surface area (Å²) < 4.78 is 0. The molecule has 2 heteroatoms. The van der Waals surface area contributed by atoms with E-state index in [1.165, 1.54) is 12.8 Å². The maximum absolute atomic E-state index is 10.1. The molecule has 2 aliphatic rings. The molecule has 1 N–H and O–H groups in total. The molecule has 2 atom stereocenters. The molecule has 1 saturated heterocycles. The van der Waals surface area contributed by atoms with Crippen LogP contribution in [0.2, 0.25) is 0 Å². The van der Waals surface area contributed by atoms with Gasteiger partial charge in [-0.25, -0.2) is 0 Å². The summed E-state index contributed by atoms with van der Waals surface area (Å²) in [6, 6.07) is 0. The molecule has 1 saturated carbocycles. The molecule has 1 nitrogen and oxygen atoms in total. The van der Waals surface area contributed by atoms with Crippen LogP contribution < -0.4 is 0 Å². The van der Waals surface area contributed by atoms with Crippen LogP contribution in [0.1, 0.15) is 26.2 Å². The minimum atomic E-state index is -0.273. The standard InChI is InChI=1S/C8H14OS/c1-6-8(9,4-5-10-6)7-2-3-7/h6-7,9H,2-5H2,1H3. The fourth-order valence-electron chi connectivity index (χ4n) is 1.87. The van der Waals surface area contributed by atoms with E-state index in [2.05, 4.69) is 6.92 Å². The average Bonchev–Trinajstić information content (AvgIpc) is 2.65. The summed E-state index contributed by atoms with van der Waals surface area (Å²) in [6.07, 6.45) is 3.56. The van der Waals surface area contributed by atoms with Crippen molar-refractivity contribution in [3.05, 3.63) is 0 Å².